The Hall–Kier alpha value is -1.65. The van der Waals surface area contributed by atoms with Gasteiger partial charge < -0.3 is 4.98 Å². The van der Waals surface area contributed by atoms with E-state index in [9.17, 15) is 0 Å². The number of hydrogen-bond donors (Lipinski definition) is 3. The van der Waals surface area contributed by atoms with Crippen molar-refractivity contribution in [2.24, 2.45) is 5.84 Å². The third-order valence-corrected chi connectivity index (χ3v) is 2.57. The number of hydrazine groups is 1. The van der Waals surface area contributed by atoms with Crippen LogP contribution in [0.3, 0.4) is 0 Å². The van der Waals surface area contributed by atoms with Crippen molar-refractivity contribution in [3.63, 3.8) is 0 Å². The molecule has 1 aromatic carbocycles. The molecule has 4 N–H and O–H groups in total. The third kappa shape index (κ3) is 2.48. The van der Waals surface area contributed by atoms with E-state index >= 15 is 0 Å². The third-order valence-electron chi connectivity index (χ3n) is 2.57. The Morgan fingerprint density at radius 3 is 3.00 bits per heavy atom. The average molecular weight is 216 g/mol. The molecule has 16 heavy (non-hydrogen) atoms. The summed E-state index contributed by atoms with van der Waals surface area (Å²) in [6.07, 6.45) is 4.36. The first kappa shape index (κ1) is 10.9. The van der Waals surface area contributed by atoms with Crippen LogP contribution < -0.4 is 11.3 Å². The van der Waals surface area contributed by atoms with Gasteiger partial charge in [-0.25, -0.2) is 10.4 Å². The number of nitrogens with zero attached hydrogens (tertiary/aromatic N) is 1. The van der Waals surface area contributed by atoms with E-state index in [2.05, 4.69) is 46.6 Å². The lowest BCUT2D eigenvalue weighted by atomic mass is 10.0. The van der Waals surface area contributed by atoms with Crippen LogP contribution in [0.1, 0.15) is 23.0 Å². The molecule has 0 spiro atoms. The predicted molar refractivity (Wildman–Crippen MR) is 63.5 cm³/mol. The number of H-pyrrole nitrogens is 1. The molecule has 2 rings (SSSR count). The van der Waals surface area contributed by atoms with Crippen LogP contribution in [0.2, 0.25) is 0 Å². The van der Waals surface area contributed by atoms with E-state index in [1.54, 1.807) is 12.4 Å². The van der Waals surface area contributed by atoms with E-state index in [0.29, 0.717) is 0 Å². The SMILES string of the molecule is Cc1cccc(CC(NN)c2ncc[nH]2)c1. The van der Waals surface area contributed by atoms with Gasteiger partial charge in [-0.15, -0.1) is 0 Å². The Bertz CT molecular complexity index is 436. The fraction of sp³-hybridized carbons (Fsp3) is 0.250. The summed E-state index contributed by atoms with van der Waals surface area (Å²) < 4.78 is 0. The average Bonchev–Trinajstić information content (AvgIpc) is 2.79. The molecule has 0 amide bonds. The molecule has 0 aliphatic rings. The molecule has 2 aromatic rings. The molecule has 0 aliphatic carbocycles. The molecule has 4 heteroatoms. The summed E-state index contributed by atoms with van der Waals surface area (Å²) in [6, 6.07) is 8.42. The van der Waals surface area contributed by atoms with Crippen molar-refractivity contribution in [3.8, 4) is 0 Å². The van der Waals surface area contributed by atoms with Crippen LogP contribution >= 0.6 is 0 Å². The highest BCUT2D eigenvalue weighted by molar-refractivity contribution is 5.23. The van der Waals surface area contributed by atoms with Crippen molar-refractivity contribution in [2.45, 2.75) is 19.4 Å². The zero-order chi connectivity index (χ0) is 11.4. The van der Waals surface area contributed by atoms with Gasteiger partial charge in [0.15, 0.2) is 0 Å². The molecule has 1 aromatic heterocycles. The number of aromatic nitrogens is 2. The minimum atomic E-state index is 0.0248. The van der Waals surface area contributed by atoms with Gasteiger partial charge in [0.1, 0.15) is 5.82 Å². The van der Waals surface area contributed by atoms with Gasteiger partial charge in [-0.1, -0.05) is 29.8 Å². The number of rotatable bonds is 4. The monoisotopic (exact) mass is 216 g/mol. The highest BCUT2D eigenvalue weighted by atomic mass is 15.2. The topological polar surface area (TPSA) is 66.7 Å². The van der Waals surface area contributed by atoms with Gasteiger partial charge in [-0.3, -0.25) is 5.84 Å². The summed E-state index contributed by atoms with van der Waals surface area (Å²) in [5.74, 6) is 6.40. The van der Waals surface area contributed by atoms with Crippen molar-refractivity contribution >= 4 is 0 Å². The molecule has 0 fully saturated rings. The highest BCUT2D eigenvalue weighted by Gasteiger charge is 2.12. The summed E-state index contributed by atoms with van der Waals surface area (Å²) >= 11 is 0. The molecule has 0 radical (unpaired) electrons. The predicted octanol–water partition coefficient (Wildman–Crippen LogP) is 1.47. The minimum Gasteiger partial charge on any atom is -0.347 e. The number of hydrogen-bond acceptors (Lipinski definition) is 3. The molecule has 0 saturated heterocycles. The summed E-state index contributed by atoms with van der Waals surface area (Å²) in [5, 5.41) is 0. The standard InChI is InChI=1S/C12H16N4/c1-9-3-2-4-10(7-9)8-11(16-13)12-14-5-6-15-12/h2-7,11,16H,8,13H2,1H3,(H,14,15). The summed E-state index contributed by atoms with van der Waals surface area (Å²) in [6.45, 7) is 2.08. The number of imidazole rings is 1. The van der Waals surface area contributed by atoms with Crippen molar-refractivity contribution in [1.82, 2.24) is 15.4 Å². The Balaban J connectivity index is 2.13. The summed E-state index contributed by atoms with van der Waals surface area (Å²) in [4.78, 5) is 7.28. The molecule has 84 valence electrons. The molecule has 1 heterocycles. The second kappa shape index (κ2) is 4.92. The van der Waals surface area contributed by atoms with Crippen LogP contribution in [-0.4, -0.2) is 9.97 Å². The van der Waals surface area contributed by atoms with E-state index in [1.807, 2.05) is 0 Å². The zero-order valence-corrected chi connectivity index (χ0v) is 9.27. The maximum atomic E-state index is 5.54. The number of nitrogens with one attached hydrogen (secondary N) is 2. The highest BCUT2D eigenvalue weighted by Crippen LogP contribution is 2.14. The van der Waals surface area contributed by atoms with E-state index in [4.69, 9.17) is 5.84 Å². The Kier molecular flexibility index (Phi) is 3.34. The van der Waals surface area contributed by atoms with Crippen LogP contribution in [0, 0.1) is 6.92 Å². The Morgan fingerprint density at radius 1 is 1.50 bits per heavy atom. The number of benzene rings is 1. The molecule has 0 bridgehead atoms. The zero-order valence-electron chi connectivity index (χ0n) is 9.27. The van der Waals surface area contributed by atoms with Gasteiger partial charge in [-0.05, 0) is 18.9 Å². The molecule has 1 atom stereocenters. The van der Waals surface area contributed by atoms with Crippen LogP contribution in [-0.2, 0) is 6.42 Å². The summed E-state index contributed by atoms with van der Waals surface area (Å²) in [7, 11) is 0. The molecule has 1 unspecified atom stereocenters. The smallest absolute Gasteiger partial charge is 0.124 e. The number of aromatic amines is 1. The van der Waals surface area contributed by atoms with Crippen LogP contribution in [0.25, 0.3) is 0 Å². The van der Waals surface area contributed by atoms with Gasteiger partial charge in [-0.2, -0.15) is 0 Å². The van der Waals surface area contributed by atoms with Gasteiger partial charge in [0, 0.05) is 12.4 Å². The van der Waals surface area contributed by atoms with Crippen molar-refractivity contribution in [1.29, 1.82) is 0 Å². The Labute approximate surface area is 94.9 Å². The number of aryl methyl sites for hydroxylation is 1. The first-order valence-electron chi connectivity index (χ1n) is 5.30. The van der Waals surface area contributed by atoms with E-state index < -0.39 is 0 Å². The molecule has 0 aliphatic heterocycles. The molecule has 0 saturated carbocycles. The largest absolute Gasteiger partial charge is 0.347 e. The molecule has 4 nitrogen and oxygen atoms in total. The fourth-order valence-electron chi connectivity index (χ4n) is 1.78. The Morgan fingerprint density at radius 2 is 2.38 bits per heavy atom. The number of nitrogens with two attached hydrogens (primary N) is 1. The first-order chi connectivity index (χ1) is 7.79. The molecular weight excluding hydrogens is 200 g/mol. The van der Waals surface area contributed by atoms with Crippen molar-refractivity contribution in [3.05, 3.63) is 53.6 Å². The van der Waals surface area contributed by atoms with Crippen molar-refractivity contribution in [2.75, 3.05) is 0 Å². The summed E-state index contributed by atoms with van der Waals surface area (Å²) in [5.41, 5.74) is 5.29. The van der Waals surface area contributed by atoms with E-state index in [1.165, 1.54) is 11.1 Å². The lowest BCUT2D eigenvalue weighted by Gasteiger charge is -2.13. The first-order valence-corrected chi connectivity index (χ1v) is 5.30. The normalized spacial score (nSPS) is 12.6. The quantitative estimate of drug-likeness (QED) is 0.535. The van der Waals surface area contributed by atoms with Gasteiger partial charge in [0.05, 0.1) is 6.04 Å². The van der Waals surface area contributed by atoms with Crippen LogP contribution in [0.15, 0.2) is 36.7 Å². The van der Waals surface area contributed by atoms with Gasteiger partial charge in [0.2, 0.25) is 0 Å². The lowest BCUT2D eigenvalue weighted by molar-refractivity contribution is 0.527. The van der Waals surface area contributed by atoms with Gasteiger partial charge in [0.25, 0.3) is 0 Å². The maximum Gasteiger partial charge on any atom is 0.124 e. The van der Waals surface area contributed by atoms with Crippen LogP contribution in [0.4, 0.5) is 0 Å². The minimum absolute atomic E-state index is 0.0248. The van der Waals surface area contributed by atoms with E-state index in [0.717, 1.165) is 12.2 Å². The van der Waals surface area contributed by atoms with Crippen LogP contribution in [0.5, 0.6) is 0 Å². The van der Waals surface area contributed by atoms with E-state index in [-0.39, 0.29) is 6.04 Å². The fourth-order valence-corrected chi connectivity index (χ4v) is 1.78. The lowest BCUT2D eigenvalue weighted by Crippen LogP contribution is -2.30. The van der Waals surface area contributed by atoms with Gasteiger partial charge >= 0.3 is 0 Å². The molecular formula is C12H16N4. The second-order valence-electron chi connectivity index (χ2n) is 3.89. The second-order valence-corrected chi connectivity index (χ2v) is 3.89. The van der Waals surface area contributed by atoms with Crippen molar-refractivity contribution < 1.29 is 0 Å². The maximum absolute atomic E-state index is 5.54.